The van der Waals surface area contributed by atoms with Crippen LogP contribution in [0.15, 0.2) is 54.9 Å². The van der Waals surface area contributed by atoms with Crippen LogP contribution in [0.4, 0.5) is 0 Å². The van der Waals surface area contributed by atoms with Crippen molar-refractivity contribution < 1.29 is 24.3 Å². The number of fused-ring (bicyclic) bond motifs is 1. The fraction of sp³-hybridized carbons (Fsp3) is 0.485. The molecule has 0 saturated carbocycles. The van der Waals surface area contributed by atoms with Gasteiger partial charge in [0, 0.05) is 62.0 Å². The molecule has 1 aliphatic heterocycles. The van der Waals surface area contributed by atoms with Crippen molar-refractivity contribution in [3.63, 3.8) is 0 Å². The average Bonchev–Trinajstić information content (AvgIpc) is 3.14. The number of likely N-dealkylation sites (tertiary alicyclic amines) is 1. The fourth-order valence-electron chi connectivity index (χ4n) is 5.79. The summed E-state index contributed by atoms with van der Waals surface area (Å²) in [7, 11) is 1.91. The number of pyridine rings is 1. The van der Waals surface area contributed by atoms with Gasteiger partial charge in [0.1, 0.15) is 18.0 Å². The molecule has 1 aromatic carbocycles. The van der Waals surface area contributed by atoms with Crippen molar-refractivity contribution in [1.82, 2.24) is 25.1 Å². The lowest BCUT2D eigenvalue weighted by molar-refractivity contribution is -0.144. The number of benzene rings is 1. The quantitative estimate of drug-likeness (QED) is 0.277. The Hall–Kier alpha value is -4.21. The number of aromatic nitrogens is 2. The fourth-order valence-corrected chi connectivity index (χ4v) is 5.79. The molecular formula is C33H43N5O5. The minimum atomic E-state index is -1.25. The van der Waals surface area contributed by atoms with Crippen molar-refractivity contribution >= 4 is 34.6 Å². The van der Waals surface area contributed by atoms with Crippen molar-refractivity contribution in [3.05, 3.63) is 66.1 Å². The van der Waals surface area contributed by atoms with Crippen LogP contribution in [0.5, 0.6) is 0 Å². The Morgan fingerprint density at radius 2 is 1.56 bits per heavy atom. The summed E-state index contributed by atoms with van der Waals surface area (Å²) in [5.74, 6) is -3.43. The lowest BCUT2D eigenvalue weighted by Gasteiger charge is -2.28. The van der Waals surface area contributed by atoms with Crippen LogP contribution in [0.1, 0.15) is 57.2 Å². The van der Waals surface area contributed by atoms with Crippen LogP contribution in [0.3, 0.4) is 0 Å². The first kappa shape index (κ1) is 31.7. The Labute approximate surface area is 252 Å². The van der Waals surface area contributed by atoms with E-state index < -0.39 is 35.8 Å². The van der Waals surface area contributed by atoms with Gasteiger partial charge >= 0.3 is 5.97 Å². The minimum Gasteiger partial charge on any atom is -0.480 e. The molecule has 0 unspecified atom stereocenters. The van der Waals surface area contributed by atoms with Gasteiger partial charge in [0.25, 0.3) is 0 Å². The summed E-state index contributed by atoms with van der Waals surface area (Å²) in [4.78, 5) is 59.4. The Morgan fingerprint density at radius 1 is 0.884 bits per heavy atom. The molecule has 3 N–H and O–H groups in total. The number of rotatable bonds is 12. The highest BCUT2D eigenvalue weighted by molar-refractivity contribution is 6.02. The van der Waals surface area contributed by atoms with Gasteiger partial charge in [-0.05, 0) is 48.9 Å². The Bertz CT molecular complexity index is 1410. The van der Waals surface area contributed by atoms with Crippen LogP contribution >= 0.6 is 0 Å². The minimum absolute atomic E-state index is 0.0136. The third-order valence-electron chi connectivity index (χ3n) is 8.03. The standard InChI is InChI=1S/C33H43N5O5/c1-22(2)18-26(32(41)38-16-10-4-5-11-17-38)30(39)35-27(19-23-21-37(3)29-14-7-6-13-25(23)29)31(40)36-28(33(42)43)20-24-12-8-9-15-34-24/h6-9,12-15,21-22,26-28H,4-5,10-11,16-20H2,1-3H3,(H,35,39)(H,36,40)(H,42,43)/t26-,27+,28+/m0/s1. The number of carboxylic acids is 1. The van der Waals surface area contributed by atoms with Crippen molar-refractivity contribution in [2.45, 2.75) is 70.9 Å². The third-order valence-corrected chi connectivity index (χ3v) is 8.03. The van der Waals surface area contributed by atoms with E-state index in [1.54, 1.807) is 29.3 Å². The summed E-state index contributed by atoms with van der Waals surface area (Å²) >= 11 is 0. The molecule has 43 heavy (non-hydrogen) atoms. The van der Waals surface area contributed by atoms with Gasteiger partial charge in [-0.1, -0.05) is 51.0 Å². The van der Waals surface area contributed by atoms with E-state index >= 15 is 0 Å². The second-order valence-electron chi connectivity index (χ2n) is 11.9. The van der Waals surface area contributed by atoms with E-state index in [-0.39, 0.29) is 24.7 Å². The molecule has 1 aliphatic rings. The number of amides is 3. The number of carboxylic acid groups (broad SMARTS) is 1. The summed E-state index contributed by atoms with van der Waals surface area (Å²) in [6.45, 7) is 5.17. The molecule has 4 rings (SSSR count). The van der Waals surface area contributed by atoms with Crippen LogP contribution in [0, 0.1) is 11.8 Å². The zero-order valence-electron chi connectivity index (χ0n) is 25.3. The van der Waals surface area contributed by atoms with Crippen molar-refractivity contribution in [2.24, 2.45) is 18.9 Å². The maximum Gasteiger partial charge on any atom is 0.326 e. The van der Waals surface area contributed by atoms with Gasteiger partial charge < -0.3 is 25.2 Å². The highest BCUT2D eigenvalue weighted by atomic mass is 16.4. The maximum absolute atomic E-state index is 13.9. The second kappa shape index (κ2) is 14.8. The second-order valence-corrected chi connectivity index (χ2v) is 11.9. The lowest BCUT2D eigenvalue weighted by Crippen LogP contribution is -2.55. The van der Waals surface area contributed by atoms with Crippen molar-refractivity contribution in [1.29, 1.82) is 0 Å². The summed E-state index contributed by atoms with van der Waals surface area (Å²) in [6.07, 6.45) is 7.86. The molecule has 3 aromatic rings. The van der Waals surface area contributed by atoms with Crippen LogP contribution < -0.4 is 10.6 Å². The highest BCUT2D eigenvalue weighted by Crippen LogP contribution is 2.23. The molecule has 1 saturated heterocycles. The molecule has 3 amide bonds. The maximum atomic E-state index is 13.9. The number of carbonyl (C=O) groups excluding carboxylic acids is 3. The van der Waals surface area contributed by atoms with Crippen LogP contribution in [-0.2, 0) is 39.1 Å². The normalized spacial score (nSPS) is 15.9. The van der Waals surface area contributed by atoms with Gasteiger partial charge in [0.2, 0.25) is 17.7 Å². The predicted molar refractivity (Wildman–Crippen MR) is 164 cm³/mol. The molecule has 10 nitrogen and oxygen atoms in total. The molecule has 3 heterocycles. The summed E-state index contributed by atoms with van der Waals surface area (Å²) < 4.78 is 1.95. The van der Waals surface area contributed by atoms with E-state index in [1.807, 2.05) is 55.9 Å². The molecule has 3 atom stereocenters. The number of para-hydroxylation sites is 1. The van der Waals surface area contributed by atoms with Gasteiger partial charge in [-0.2, -0.15) is 0 Å². The molecule has 10 heteroatoms. The molecule has 1 fully saturated rings. The average molecular weight is 590 g/mol. The first-order chi connectivity index (χ1) is 20.6. The van der Waals surface area contributed by atoms with E-state index in [0.717, 1.165) is 42.1 Å². The number of aryl methyl sites for hydroxylation is 1. The number of hydrogen-bond acceptors (Lipinski definition) is 5. The summed E-state index contributed by atoms with van der Waals surface area (Å²) in [6, 6.07) is 10.6. The van der Waals surface area contributed by atoms with E-state index in [9.17, 15) is 24.3 Å². The van der Waals surface area contributed by atoms with E-state index in [1.165, 1.54) is 0 Å². The first-order valence-electron chi connectivity index (χ1n) is 15.2. The predicted octanol–water partition coefficient (Wildman–Crippen LogP) is 3.48. The molecule has 0 radical (unpaired) electrons. The van der Waals surface area contributed by atoms with Gasteiger partial charge in [0.15, 0.2) is 0 Å². The van der Waals surface area contributed by atoms with Crippen molar-refractivity contribution in [3.8, 4) is 0 Å². The molecule has 0 aliphatic carbocycles. The lowest BCUT2D eigenvalue weighted by atomic mass is 9.93. The number of hydrogen-bond donors (Lipinski definition) is 3. The van der Waals surface area contributed by atoms with Gasteiger partial charge in [-0.25, -0.2) is 4.79 Å². The number of nitrogens with one attached hydrogen (secondary N) is 2. The molecular weight excluding hydrogens is 546 g/mol. The van der Waals surface area contributed by atoms with E-state index in [0.29, 0.717) is 25.2 Å². The number of nitrogens with zero attached hydrogens (tertiary/aromatic N) is 3. The monoisotopic (exact) mass is 589 g/mol. The van der Waals surface area contributed by atoms with E-state index in [4.69, 9.17) is 0 Å². The zero-order chi connectivity index (χ0) is 30.9. The SMILES string of the molecule is CC(C)C[C@@H](C(=O)N[C@H](Cc1cn(C)c2ccccc12)C(=O)N[C@H](Cc1ccccn1)C(=O)O)C(=O)N1CCCCCC1. The van der Waals surface area contributed by atoms with Gasteiger partial charge in [-0.3, -0.25) is 19.4 Å². The molecule has 0 bridgehead atoms. The van der Waals surface area contributed by atoms with E-state index in [2.05, 4.69) is 15.6 Å². The Kier molecular flexibility index (Phi) is 10.9. The van der Waals surface area contributed by atoms with Crippen LogP contribution in [0.2, 0.25) is 0 Å². The topological polar surface area (TPSA) is 134 Å². The zero-order valence-corrected chi connectivity index (χ0v) is 25.3. The Balaban J connectivity index is 1.61. The number of aliphatic carboxylic acids is 1. The molecule has 0 spiro atoms. The Morgan fingerprint density at radius 3 is 2.21 bits per heavy atom. The largest absolute Gasteiger partial charge is 0.480 e. The van der Waals surface area contributed by atoms with Crippen molar-refractivity contribution in [2.75, 3.05) is 13.1 Å². The molecule has 230 valence electrons. The van der Waals surface area contributed by atoms with Crippen LogP contribution in [0.25, 0.3) is 10.9 Å². The molecule has 2 aromatic heterocycles. The van der Waals surface area contributed by atoms with Gasteiger partial charge in [-0.15, -0.1) is 0 Å². The number of carbonyl (C=O) groups is 4. The summed E-state index contributed by atoms with van der Waals surface area (Å²) in [5, 5.41) is 16.4. The first-order valence-corrected chi connectivity index (χ1v) is 15.2. The van der Waals surface area contributed by atoms with Crippen LogP contribution in [-0.4, -0.2) is 68.4 Å². The summed E-state index contributed by atoms with van der Waals surface area (Å²) in [5.41, 5.74) is 2.31. The third kappa shape index (κ3) is 8.43. The van der Waals surface area contributed by atoms with Gasteiger partial charge in [0.05, 0.1) is 0 Å². The highest BCUT2D eigenvalue weighted by Gasteiger charge is 2.35. The smallest absolute Gasteiger partial charge is 0.326 e.